The molecule has 55 heavy (non-hydrogen) atoms. The van der Waals surface area contributed by atoms with Crippen LogP contribution < -0.4 is 0 Å². The third-order valence-electron chi connectivity index (χ3n) is 17.3. The summed E-state index contributed by atoms with van der Waals surface area (Å²) in [4.78, 5) is 12.2. The molecular weight excluding hydrogens is 712 g/mol. The van der Waals surface area contributed by atoms with Gasteiger partial charge in [-0.05, 0) is 108 Å². The van der Waals surface area contributed by atoms with Crippen LogP contribution in [0, 0.1) is 56.2 Å². The summed E-state index contributed by atoms with van der Waals surface area (Å²) in [6.07, 6.45) is -5.16. The molecule has 0 aromatic rings. The summed E-state index contributed by atoms with van der Waals surface area (Å²) >= 11 is 0. The van der Waals surface area contributed by atoms with Gasteiger partial charge in [0.25, 0.3) is 0 Å². The van der Waals surface area contributed by atoms with Crippen LogP contribution in [0.1, 0.15) is 107 Å². The van der Waals surface area contributed by atoms with Crippen molar-refractivity contribution in [3.8, 4) is 0 Å². The smallest absolute Gasteiger partial charge is 0.335 e. The van der Waals surface area contributed by atoms with Gasteiger partial charge in [-0.25, -0.2) is 4.79 Å². The normalized spacial score (nSPS) is 55.7. The number of carbonyl (C=O) groups is 1. The number of allylic oxidation sites excluding steroid dienone is 2. The molecule has 0 aromatic carbocycles. The summed E-state index contributed by atoms with van der Waals surface area (Å²) in [5, 5.41) is 84.6. The van der Waals surface area contributed by atoms with Crippen molar-refractivity contribution in [1.29, 1.82) is 0 Å². The number of rotatable bonds is 6. The van der Waals surface area contributed by atoms with Gasteiger partial charge in [0.1, 0.15) is 42.7 Å². The zero-order chi connectivity index (χ0) is 40.4. The van der Waals surface area contributed by atoms with Gasteiger partial charge in [0.2, 0.25) is 0 Å². The Labute approximate surface area is 325 Å². The molecule has 2 aliphatic heterocycles. The molecule has 8 N–H and O–H groups in total. The average Bonchev–Trinajstić information content (AvgIpc) is 3.10. The Balaban J connectivity index is 1.15. The molecule has 20 atom stereocenters. The zero-order valence-electron chi connectivity index (χ0n) is 33.9. The first-order chi connectivity index (χ1) is 25.5. The van der Waals surface area contributed by atoms with Crippen LogP contribution in [0.25, 0.3) is 0 Å². The van der Waals surface area contributed by atoms with Crippen LogP contribution in [0.3, 0.4) is 0 Å². The molecule has 7 rings (SSSR count). The SMILES string of the molecule is CC1(C)CC(O)C2(C)CCC3(C)C(C=CC4C5(C)CCC(OC6OC(C(=O)O)C(O)C(O)C6OC6OC(CO)C(O)C(O)C6O)C(C)(C)C5CCC43C)C2C1. The Hall–Kier alpha value is -1.23. The van der Waals surface area contributed by atoms with Crippen LogP contribution >= 0.6 is 0 Å². The Bertz CT molecular complexity index is 1480. The molecule has 0 amide bonds. The van der Waals surface area contributed by atoms with Gasteiger partial charge in [0, 0.05) is 0 Å². The molecule has 13 heteroatoms. The van der Waals surface area contributed by atoms with Gasteiger partial charge in [0.15, 0.2) is 18.7 Å². The molecule has 7 aliphatic rings. The van der Waals surface area contributed by atoms with E-state index in [1.165, 1.54) is 0 Å². The number of hydrogen-bond acceptors (Lipinski definition) is 12. The minimum Gasteiger partial charge on any atom is -0.479 e. The summed E-state index contributed by atoms with van der Waals surface area (Å²) in [5.41, 5.74) is -0.477. The second kappa shape index (κ2) is 13.9. The van der Waals surface area contributed by atoms with E-state index in [9.17, 15) is 45.6 Å². The highest BCUT2D eigenvalue weighted by Gasteiger charge is 2.70. The largest absolute Gasteiger partial charge is 0.479 e. The number of hydrogen-bond donors (Lipinski definition) is 8. The number of ether oxygens (including phenoxy) is 4. The minimum atomic E-state index is -1.92. The maximum Gasteiger partial charge on any atom is 0.335 e. The summed E-state index contributed by atoms with van der Waals surface area (Å²) in [7, 11) is 0. The van der Waals surface area contributed by atoms with E-state index >= 15 is 0 Å². The Morgan fingerprint density at radius 1 is 0.709 bits per heavy atom. The number of fused-ring (bicyclic) bond motifs is 7. The fraction of sp³-hybridized carbons (Fsp3) is 0.929. The zero-order valence-corrected chi connectivity index (χ0v) is 33.9. The molecule has 5 aliphatic carbocycles. The van der Waals surface area contributed by atoms with Crippen LogP contribution in [-0.2, 0) is 23.7 Å². The molecule has 0 bridgehead atoms. The predicted molar refractivity (Wildman–Crippen MR) is 198 cm³/mol. The first-order valence-electron chi connectivity index (χ1n) is 20.7. The van der Waals surface area contributed by atoms with Crippen LogP contribution in [0.15, 0.2) is 12.2 Å². The van der Waals surface area contributed by atoms with Crippen molar-refractivity contribution < 1.29 is 64.6 Å². The monoisotopic (exact) mass is 780 g/mol. The molecule has 20 unspecified atom stereocenters. The van der Waals surface area contributed by atoms with E-state index < -0.39 is 85.5 Å². The lowest BCUT2D eigenvalue weighted by atomic mass is 9.33. The second-order valence-electron chi connectivity index (χ2n) is 21.0. The molecule has 4 saturated carbocycles. The van der Waals surface area contributed by atoms with Gasteiger partial charge in [-0.3, -0.25) is 0 Å². The number of aliphatic hydroxyl groups is 7. The van der Waals surface area contributed by atoms with E-state index in [2.05, 4.69) is 67.5 Å². The summed E-state index contributed by atoms with van der Waals surface area (Å²) < 4.78 is 24.0. The van der Waals surface area contributed by atoms with E-state index in [0.717, 1.165) is 44.9 Å². The molecule has 0 aromatic heterocycles. The fourth-order valence-electron chi connectivity index (χ4n) is 13.8. The predicted octanol–water partition coefficient (Wildman–Crippen LogP) is 2.74. The molecule has 0 spiro atoms. The first-order valence-corrected chi connectivity index (χ1v) is 20.7. The van der Waals surface area contributed by atoms with Crippen molar-refractivity contribution in [2.24, 2.45) is 56.2 Å². The Morgan fingerprint density at radius 2 is 1.40 bits per heavy atom. The highest BCUT2D eigenvalue weighted by atomic mass is 16.8. The van der Waals surface area contributed by atoms with Gasteiger partial charge in [-0.15, -0.1) is 0 Å². The summed E-state index contributed by atoms with van der Waals surface area (Å²) in [6, 6.07) is 0. The van der Waals surface area contributed by atoms with Crippen molar-refractivity contribution in [2.45, 2.75) is 180 Å². The molecule has 314 valence electrons. The van der Waals surface area contributed by atoms with Gasteiger partial charge < -0.3 is 59.8 Å². The Kier molecular flexibility index (Phi) is 10.6. The van der Waals surface area contributed by atoms with Crippen LogP contribution in [0.5, 0.6) is 0 Å². The van der Waals surface area contributed by atoms with Crippen LogP contribution in [0.4, 0.5) is 0 Å². The molecule has 2 heterocycles. The number of carboxylic acids is 1. The van der Waals surface area contributed by atoms with Crippen LogP contribution in [-0.4, -0.2) is 127 Å². The Morgan fingerprint density at radius 3 is 2.05 bits per heavy atom. The maximum absolute atomic E-state index is 12.2. The standard InChI is InChI=1S/C42H68O13/c1-37(2)17-21-20-9-10-24-40(6)13-12-26(38(3,4)23(40)11-14-42(24,8)41(20,7)16-15-39(21,5)25(44)18-37)53-36-33(30(48)29(47)32(54-36)34(50)51)55-35-31(49)28(46)27(45)22(19-43)52-35/h9-10,20-33,35-36,43-49H,11-19H2,1-8H3,(H,50,51). The van der Waals surface area contributed by atoms with Crippen molar-refractivity contribution in [2.75, 3.05) is 6.61 Å². The van der Waals surface area contributed by atoms with Gasteiger partial charge >= 0.3 is 5.97 Å². The van der Waals surface area contributed by atoms with Gasteiger partial charge in [-0.2, -0.15) is 0 Å². The van der Waals surface area contributed by atoms with E-state index in [4.69, 9.17) is 18.9 Å². The van der Waals surface area contributed by atoms with Crippen molar-refractivity contribution >= 4 is 5.97 Å². The van der Waals surface area contributed by atoms with Crippen molar-refractivity contribution in [3.63, 3.8) is 0 Å². The molecule has 0 radical (unpaired) electrons. The molecular formula is C42H68O13. The van der Waals surface area contributed by atoms with Crippen molar-refractivity contribution in [3.05, 3.63) is 12.2 Å². The lowest BCUT2D eigenvalue weighted by molar-refractivity contribution is -0.374. The van der Waals surface area contributed by atoms with E-state index in [0.29, 0.717) is 24.2 Å². The summed E-state index contributed by atoms with van der Waals surface area (Å²) in [5.74, 6) is -0.221. The molecule has 2 saturated heterocycles. The number of carboxylic acid groups (broad SMARTS) is 1. The minimum absolute atomic E-state index is 0.0289. The lowest BCUT2D eigenvalue weighted by Crippen LogP contribution is -2.68. The first kappa shape index (κ1) is 41.9. The highest BCUT2D eigenvalue weighted by Crippen LogP contribution is 2.75. The molecule has 6 fully saturated rings. The van der Waals surface area contributed by atoms with Crippen LogP contribution in [0.2, 0.25) is 0 Å². The maximum atomic E-state index is 12.2. The number of aliphatic carboxylic acids is 1. The molecule has 13 nitrogen and oxygen atoms in total. The number of aliphatic hydroxyl groups excluding tert-OH is 7. The second-order valence-corrected chi connectivity index (χ2v) is 21.0. The van der Waals surface area contributed by atoms with Crippen molar-refractivity contribution in [1.82, 2.24) is 0 Å². The fourth-order valence-corrected chi connectivity index (χ4v) is 13.8. The topological polar surface area (TPSA) is 216 Å². The third-order valence-corrected chi connectivity index (χ3v) is 17.3. The third kappa shape index (κ3) is 6.23. The highest BCUT2D eigenvalue weighted by molar-refractivity contribution is 5.73. The quantitative estimate of drug-likeness (QED) is 0.144. The van der Waals surface area contributed by atoms with E-state index in [-0.39, 0.29) is 39.1 Å². The van der Waals surface area contributed by atoms with E-state index in [1.807, 2.05) is 0 Å². The van der Waals surface area contributed by atoms with Gasteiger partial charge in [0.05, 0.1) is 18.8 Å². The van der Waals surface area contributed by atoms with E-state index in [1.54, 1.807) is 0 Å². The lowest BCUT2D eigenvalue weighted by Gasteiger charge is -2.72. The summed E-state index contributed by atoms with van der Waals surface area (Å²) in [6.45, 7) is 18.1. The van der Waals surface area contributed by atoms with Gasteiger partial charge in [-0.1, -0.05) is 67.5 Å². The average molecular weight is 781 g/mol.